The van der Waals surface area contributed by atoms with E-state index in [4.69, 9.17) is 24.7 Å². The molecule has 4 heterocycles. The Morgan fingerprint density at radius 1 is 0.852 bits per heavy atom. The molecule has 2 fully saturated rings. The fourth-order valence-corrected chi connectivity index (χ4v) is 6.64. The first kappa shape index (κ1) is 39.4. The van der Waals surface area contributed by atoms with Crippen LogP contribution >= 0.6 is 0 Å². The summed E-state index contributed by atoms with van der Waals surface area (Å²) in [6, 6.07) is 5.89. The van der Waals surface area contributed by atoms with E-state index in [9.17, 15) is 19.2 Å². The molecule has 1 aromatic carbocycles. The number of methoxy groups -OCH3 is 3. The quantitative estimate of drug-likeness (QED) is 0.211. The second kappa shape index (κ2) is 18.3. The Kier molecular flexibility index (Phi) is 13.3. The van der Waals surface area contributed by atoms with Crippen molar-refractivity contribution in [1.29, 1.82) is 0 Å². The summed E-state index contributed by atoms with van der Waals surface area (Å²) in [5.74, 6) is 12.9. The summed E-state index contributed by atoms with van der Waals surface area (Å²) >= 11 is 0. The molecule has 2 aliphatic heterocycles. The first-order valence-corrected chi connectivity index (χ1v) is 17.8. The Hall–Kier alpha value is -5.84. The fraction of sp³-hybridized carbons (Fsp3) is 0.474. The van der Waals surface area contributed by atoms with E-state index in [1.807, 2.05) is 31.2 Å². The van der Waals surface area contributed by atoms with Gasteiger partial charge in [0.05, 0.1) is 25.3 Å². The Labute approximate surface area is 313 Å². The molecule has 0 unspecified atom stereocenters. The maximum absolute atomic E-state index is 13.5. The van der Waals surface area contributed by atoms with E-state index in [0.717, 1.165) is 24.0 Å². The second-order valence-electron chi connectivity index (χ2n) is 12.9. The highest BCUT2D eigenvalue weighted by atomic mass is 16.6. The minimum atomic E-state index is -1.15. The molecule has 2 aliphatic rings. The number of rotatable bonds is 11. The average molecular weight is 743 g/mol. The number of carbonyl (C=O) groups excluding carboxylic acids is 4. The summed E-state index contributed by atoms with van der Waals surface area (Å²) in [4.78, 5) is 69.4. The minimum Gasteiger partial charge on any atom is -0.453 e. The molecule has 3 aromatic rings. The van der Waals surface area contributed by atoms with Gasteiger partial charge in [-0.2, -0.15) is 0 Å². The van der Waals surface area contributed by atoms with E-state index in [1.165, 1.54) is 21.3 Å². The van der Waals surface area contributed by atoms with Gasteiger partial charge in [0.25, 0.3) is 5.91 Å². The Bertz CT molecular complexity index is 1920. The average Bonchev–Trinajstić information content (AvgIpc) is 4.02. The summed E-state index contributed by atoms with van der Waals surface area (Å²) in [5.41, 5.74) is 7.83. The highest BCUT2D eigenvalue weighted by Gasteiger charge is 2.41. The number of imidazole rings is 2. The number of aromatic amines is 2. The smallest absolute Gasteiger partial charge is 0.407 e. The molecule has 16 heteroatoms. The van der Waals surface area contributed by atoms with Gasteiger partial charge in [-0.15, -0.1) is 0 Å². The lowest BCUT2D eigenvalue weighted by molar-refractivity contribution is -0.149. The van der Waals surface area contributed by atoms with Gasteiger partial charge in [-0.3, -0.25) is 9.59 Å². The lowest BCUT2D eigenvalue weighted by Crippen LogP contribution is -2.54. The van der Waals surface area contributed by atoms with Crippen LogP contribution in [0.1, 0.15) is 92.2 Å². The molecule has 0 radical (unpaired) electrons. The highest BCUT2D eigenvalue weighted by Crippen LogP contribution is 2.33. The van der Waals surface area contributed by atoms with Crippen molar-refractivity contribution < 1.29 is 38.1 Å². The molecule has 16 nitrogen and oxygen atoms in total. The van der Waals surface area contributed by atoms with Crippen molar-refractivity contribution >= 4 is 24.0 Å². The predicted octanol–water partition coefficient (Wildman–Crippen LogP) is 2.91. The van der Waals surface area contributed by atoms with Gasteiger partial charge in [-0.1, -0.05) is 18.8 Å². The van der Waals surface area contributed by atoms with Crippen LogP contribution < -0.4 is 11.1 Å². The largest absolute Gasteiger partial charge is 0.453 e. The predicted molar refractivity (Wildman–Crippen MR) is 194 cm³/mol. The van der Waals surface area contributed by atoms with Crippen LogP contribution in [0.2, 0.25) is 0 Å². The maximum Gasteiger partial charge on any atom is 0.407 e. The van der Waals surface area contributed by atoms with E-state index in [0.29, 0.717) is 55.4 Å². The number of H-pyrrole nitrogens is 2. The Morgan fingerprint density at radius 3 is 1.81 bits per heavy atom. The van der Waals surface area contributed by atoms with Gasteiger partial charge < -0.3 is 49.8 Å². The molecule has 5 rings (SSSR count). The van der Waals surface area contributed by atoms with Crippen molar-refractivity contribution in [1.82, 2.24) is 35.1 Å². The number of aromatic nitrogens is 4. The topological polar surface area (TPSA) is 207 Å². The number of nitrogens with zero attached hydrogens (tertiary/aromatic N) is 4. The number of benzene rings is 1. The molecule has 0 spiro atoms. The number of likely N-dealkylation sites (tertiary alicyclic amines) is 2. The number of nitrogens with two attached hydrogens (primary N) is 1. The van der Waals surface area contributed by atoms with Gasteiger partial charge >= 0.3 is 12.2 Å². The van der Waals surface area contributed by atoms with Crippen LogP contribution in [0.4, 0.5) is 9.59 Å². The van der Waals surface area contributed by atoms with Gasteiger partial charge in [0, 0.05) is 50.8 Å². The van der Waals surface area contributed by atoms with Gasteiger partial charge in [-0.25, -0.2) is 19.6 Å². The number of amides is 4. The zero-order chi connectivity index (χ0) is 38.8. The second-order valence-corrected chi connectivity index (χ2v) is 12.9. The highest BCUT2D eigenvalue weighted by molar-refractivity contribution is 5.87. The summed E-state index contributed by atoms with van der Waals surface area (Å²) in [7, 11) is 4.18. The zero-order valence-electron chi connectivity index (χ0n) is 31.0. The number of hydrogen-bond acceptors (Lipinski definition) is 10. The van der Waals surface area contributed by atoms with Crippen LogP contribution in [0.15, 0.2) is 36.7 Å². The van der Waals surface area contributed by atoms with Crippen LogP contribution in [0.5, 0.6) is 0 Å². The molecule has 0 aliphatic carbocycles. The molecule has 6 atom stereocenters. The van der Waals surface area contributed by atoms with Crippen LogP contribution in [0, 0.1) is 23.7 Å². The number of alkyl carbamates (subject to hydrolysis) is 1. The van der Waals surface area contributed by atoms with Gasteiger partial charge in [0.2, 0.25) is 12.0 Å². The van der Waals surface area contributed by atoms with E-state index in [-0.39, 0.29) is 23.9 Å². The lowest BCUT2D eigenvalue weighted by Gasteiger charge is -2.30. The Balaban J connectivity index is 1.21. The molecule has 2 aromatic heterocycles. The molecular formula is C38H46N8O8. The van der Waals surface area contributed by atoms with E-state index >= 15 is 0 Å². The molecule has 286 valence electrons. The normalized spacial score (nSPS) is 18.7. The zero-order valence-corrected chi connectivity index (χ0v) is 31.0. The number of nitrogens with one attached hydrogen (secondary N) is 3. The monoisotopic (exact) mass is 742 g/mol. The summed E-state index contributed by atoms with van der Waals surface area (Å²) in [6.07, 6.45) is 2.70. The van der Waals surface area contributed by atoms with Crippen molar-refractivity contribution in [3.8, 4) is 23.7 Å². The third-order valence-electron chi connectivity index (χ3n) is 9.55. The number of ether oxygens (including phenoxy) is 4. The molecule has 4 amide bonds. The maximum atomic E-state index is 13.5. The van der Waals surface area contributed by atoms with Gasteiger partial charge in [0.15, 0.2) is 0 Å². The summed E-state index contributed by atoms with van der Waals surface area (Å²) in [6.45, 7) is 4.54. The fourth-order valence-electron chi connectivity index (χ4n) is 6.64. The van der Waals surface area contributed by atoms with Crippen LogP contribution in [-0.2, 0) is 28.5 Å². The first-order chi connectivity index (χ1) is 26.1. The van der Waals surface area contributed by atoms with Gasteiger partial charge in [-0.05, 0) is 75.1 Å². The van der Waals surface area contributed by atoms with E-state index in [2.05, 4.69) is 48.9 Å². The number of carbonyl (C=O) groups is 4. The third kappa shape index (κ3) is 9.38. The van der Waals surface area contributed by atoms with Crippen molar-refractivity contribution in [2.45, 2.75) is 82.4 Å². The molecule has 5 N–H and O–H groups in total. The molecule has 0 saturated carbocycles. The summed E-state index contributed by atoms with van der Waals surface area (Å²) < 4.78 is 20.6. The number of primary amides is 1. The van der Waals surface area contributed by atoms with Crippen LogP contribution in [0.25, 0.3) is 0 Å². The molecule has 54 heavy (non-hydrogen) atoms. The standard InChI is InChI=1S/C38H46N8O8/c1-6-30(52-4)32(54-37(39)49)36(48)46-20-8-10-29(46)34-41-22-27(43-34)18-16-25-13-11-24(12-14-25)15-17-26-21-40-33(42-26)28-9-7-19-45(28)35(47)31(23(2)51-3)44-38(50)53-5/h11-14,21-23,28-32H,6-10,19-20H2,1-5H3,(H2,39,49)(H,40,42)(H,41,43)(H,44,50)/t23-,28+,29+,30-,31+,32+/m1/s1. The van der Waals surface area contributed by atoms with Crippen LogP contribution in [-0.4, -0.2) is 113 Å². The molecular weight excluding hydrogens is 696 g/mol. The van der Waals surface area contributed by atoms with Crippen molar-refractivity contribution in [3.63, 3.8) is 0 Å². The molecule has 2 saturated heterocycles. The Morgan fingerprint density at radius 2 is 1.37 bits per heavy atom. The first-order valence-electron chi connectivity index (χ1n) is 17.8. The number of hydrogen-bond donors (Lipinski definition) is 4. The summed E-state index contributed by atoms with van der Waals surface area (Å²) in [5, 5.41) is 2.59. The molecule has 0 bridgehead atoms. The van der Waals surface area contributed by atoms with Crippen molar-refractivity contribution in [2.75, 3.05) is 34.4 Å². The third-order valence-corrected chi connectivity index (χ3v) is 9.55. The van der Waals surface area contributed by atoms with Crippen LogP contribution in [0.3, 0.4) is 0 Å². The van der Waals surface area contributed by atoms with Crippen molar-refractivity contribution in [3.05, 3.63) is 70.8 Å². The van der Waals surface area contributed by atoms with Crippen molar-refractivity contribution in [2.24, 2.45) is 5.73 Å². The van der Waals surface area contributed by atoms with Gasteiger partial charge in [0.1, 0.15) is 35.2 Å². The lowest BCUT2D eigenvalue weighted by atomic mass is 10.1. The van der Waals surface area contributed by atoms with E-state index in [1.54, 1.807) is 29.1 Å². The SMILES string of the molecule is CC[C@@H](OC)[C@H](OC(N)=O)C(=O)N1CCC[C@H]1c1nc(C#Cc2ccc(C#Cc3c[nH]c([C@@H]4CCCN4C(=O)[C@@H](NC(=O)OC)[C@@H](C)OC)n3)cc2)c[nH]1. The van der Waals surface area contributed by atoms with E-state index < -0.39 is 36.5 Å². The minimum absolute atomic E-state index is 0.278.